The van der Waals surface area contributed by atoms with Crippen molar-refractivity contribution in [1.29, 1.82) is 0 Å². The second-order valence-electron chi connectivity index (χ2n) is 6.88. The number of benzene rings is 3. The van der Waals surface area contributed by atoms with Gasteiger partial charge in [0.25, 0.3) is 0 Å². The SMILES string of the molecule is Cc1cccc(Oc2ccc3c(c2)C(=O)OC3=O)c1Oc1ccc2c(c1)C(=O)OC2=O. The molecule has 0 N–H and O–H groups in total. The maximum absolute atomic E-state index is 11.8. The molecule has 0 fully saturated rings. The summed E-state index contributed by atoms with van der Waals surface area (Å²) >= 11 is 0. The molecule has 0 bridgehead atoms. The number of para-hydroxylation sites is 1. The van der Waals surface area contributed by atoms with Crippen molar-refractivity contribution in [2.24, 2.45) is 0 Å². The van der Waals surface area contributed by atoms with Crippen LogP contribution < -0.4 is 9.47 Å². The molecule has 8 nitrogen and oxygen atoms in total. The van der Waals surface area contributed by atoms with Gasteiger partial charge in [-0.3, -0.25) is 0 Å². The smallest absolute Gasteiger partial charge is 0.347 e. The number of aryl methyl sites for hydroxylation is 1. The summed E-state index contributed by atoms with van der Waals surface area (Å²) in [6, 6.07) is 14.1. The Kier molecular flexibility index (Phi) is 4.07. The summed E-state index contributed by atoms with van der Waals surface area (Å²) in [5.74, 6) is -1.51. The fourth-order valence-corrected chi connectivity index (χ4v) is 3.34. The maximum Gasteiger partial charge on any atom is 0.347 e. The molecule has 0 aromatic heterocycles. The number of esters is 4. The Labute approximate surface area is 174 Å². The van der Waals surface area contributed by atoms with Crippen LogP contribution in [0.1, 0.15) is 47.0 Å². The number of hydrogen-bond acceptors (Lipinski definition) is 8. The molecule has 2 aliphatic heterocycles. The topological polar surface area (TPSA) is 105 Å². The minimum atomic E-state index is -0.731. The summed E-state index contributed by atoms with van der Waals surface area (Å²) in [7, 11) is 0. The standard InChI is InChI=1S/C23H12O8/c1-11-3-2-4-18(28-12-5-7-14-16(9-12)22(26)30-20(14)24)19(11)29-13-6-8-15-17(10-13)23(27)31-21(15)25/h2-10H,1H3. The maximum atomic E-state index is 11.8. The van der Waals surface area contributed by atoms with Gasteiger partial charge in [0.05, 0.1) is 22.3 Å². The van der Waals surface area contributed by atoms with Gasteiger partial charge in [0.1, 0.15) is 11.5 Å². The van der Waals surface area contributed by atoms with Crippen molar-refractivity contribution in [3.05, 3.63) is 82.4 Å². The molecule has 0 saturated carbocycles. The number of hydrogen-bond donors (Lipinski definition) is 0. The third-order valence-electron chi connectivity index (χ3n) is 4.86. The Bertz CT molecular complexity index is 1320. The molecule has 3 aromatic carbocycles. The highest BCUT2D eigenvalue weighted by atomic mass is 16.6. The summed E-state index contributed by atoms with van der Waals surface area (Å²) in [5, 5.41) is 0. The molecule has 152 valence electrons. The summed E-state index contributed by atoms with van der Waals surface area (Å²) in [5.41, 5.74) is 1.35. The zero-order chi connectivity index (χ0) is 21.7. The molecule has 31 heavy (non-hydrogen) atoms. The van der Waals surface area contributed by atoms with Gasteiger partial charge in [0, 0.05) is 0 Å². The van der Waals surface area contributed by atoms with Crippen molar-refractivity contribution in [2.75, 3.05) is 0 Å². The quantitative estimate of drug-likeness (QED) is 0.460. The van der Waals surface area contributed by atoms with E-state index in [1.807, 2.05) is 13.0 Å². The van der Waals surface area contributed by atoms with Crippen LogP contribution in [0.25, 0.3) is 0 Å². The van der Waals surface area contributed by atoms with E-state index in [0.29, 0.717) is 23.0 Å². The first kappa shape index (κ1) is 18.6. The largest absolute Gasteiger partial charge is 0.453 e. The van der Waals surface area contributed by atoms with E-state index < -0.39 is 23.9 Å². The average Bonchev–Trinajstić information content (AvgIpc) is 3.19. The second-order valence-corrected chi connectivity index (χ2v) is 6.88. The molecule has 0 atom stereocenters. The number of carbonyl (C=O) groups excluding carboxylic acids is 4. The number of rotatable bonds is 4. The van der Waals surface area contributed by atoms with Crippen LogP contribution in [-0.4, -0.2) is 23.9 Å². The molecule has 0 spiro atoms. The van der Waals surface area contributed by atoms with E-state index >= 15 is 0 Å². The first-order valence-electron chi connectivity index (χ1n) is 9.17. The van der Waals surface area contributed by atoms with Crippen LogP contribution in [-0.2, 0) is 9.47 Å². The number of fused-ring (bicyclic) bond motifs is 2. The number of carbonyl (C=O) groups is 4. The van der Waals surface area contributed by atoms with Crippen LogP contribution in [0.2, 0.25) is 0 Å². The van der Waals surface area contributed by atoms with Crippen LogP contribution in [0.5, 0.6) is 23.0 Å². The molecule has 0 aliphatic carbocycles. The van der Waals surface area contributed by atoms with E-state index in [0.717, 1.165) is 5.56 Å². The number of ether oxygens (including phenoxy) is 4. The van der Waals surface area contributed by atoms with Crippen molar-refractivity contribution in [2.45, 2.75) is 6.92 Å². The molecule has 3 aromatic rings. The van der Waals surface area contributed by atoms with Crippen molar-refractivity contribution in [3.63, 3.8) is 0 Å². The van der Waals surface area contributed by atoms with E-state index in [4.69, 9.17) is 9.47 Å². The minimum Gasteiger partial charge on any atom is -0.453 e. The lowest BCUT2D eigenvalue weighted by Gasteiger charge is -2.15. The molecular weight excluding hydrogens is 404 g/mol. The molecule has 2 aliphatic rings. The first-order valence-corrected chi connectivity index (χ1v) is 9.17. The van der Waals surface area contributed by atoms with Crippen molar-refractivity contribution in [3.8, 4) is 23.0 Å². The second kappa shape index (κ2) is 6.81. The van der Waals surface area contributed by atoms with Crippen molar-refractivity contribution < 1.29 is 38.1 Å². The van der Waals surface area contributed by atoms with Gasteiger partial charge in [-0.2, -0.15) is 0 Å². The Morgan fingerprint density at radius 1 is 0.613 bits per heavy atom. The van der Waals surface area contributed by atoms with Gasteiger partial charge in [-0.05, 0) is 55.0 Å². The minimum absolute atomic E-state index is 0.124. The van der Waals surface area contributed by atoms with Crippen molar-refractivity contribution >= 4 is 23.9 Å². The lowest BCUT2D eigenvalue weighted by atomic mass is 10.1. The normalized spacial score (nSPS) is 14.1. The predicted molar refractivity (Wildman–Crippen MR) is 104 cm³/mol. The Morgan fingerprint density at radius 2 is 1.13 bits per heavy atom. The summed E-state index contributed by atoms with van der Waals surface area (Å²) < 4.78 is 21.1. The van der Waals surface area contributed by atoms with Gasteiger partial charge < -0.3 is 18.9 Å². The first-order chi connectivity index (χ1) is 14.9. The zero-order valence-electron chi connectivity index (χ0n) is 16.0. The van der Waals surface area contributed by atoms with E-state index in [2.05, 4.69) is 9.47 Å². The van der Waals surface area contributed by atoms with E-state index in [1.165, 1.54) is 24.3 Å². The molecule has 5 rings (SSSR count). The highest BCUT2D eigenvalue weighted by Crippen LogP contribution is 2.39. The Hall–Kier alpha value is -4.46. The van der Waals surface area contributed by atoms with E-state index in [9.17, 15) is 19.2 Å². The van der Waals surface area contributed by atoms with Crippen LogP contribution in [0.3, 0.4) is 0 Å². The molecule has 0 unspecified atom stereocenters. The summed E-state index contributed by atoms with van der Waals surface area (Å²) in [6.45, 7) is 1.81. The molecule has 2 heterocycles. The summed E-state index contributed by atoms with van der Waals surface area (Å²) in [6.07, 6.45) is 0. The van der Waals surface area contributed by atoms with Crippen LogP contribution in [0, 0.1) is 6.92 Å². The molecule has 8 heteroatoms. The zero-order valence-corrected chi connectivity index (χ0v) is 16.0. The van der Waals surface area contributed by atoms with Gasteiger partial charge in [0.15, 0.2) is 11.5 Å². The molecule has 0 radical (unpaired) electrons. The molecule has 0 amide bonds. The van der Waals surface area contributed by atoms with E-state index in [-0.39, 0.29) is 22.3 Å². The molecular formula is C23H12O8. The van der Waals surface area contributed by atoms with Gasteiger partial charge in [0.2, 0.25) is 0 Å². The van der Waals surface area contributed by atoms with Gasteiger partial charge in [-0.1, -0.05) is 12.1 Å². The third-order valence-corrected chi connectivity index (χ3v) is 4.86. The highest BCUT2D eigenvalue weighted by molar-refractivity contribution is 6.15. The average molecular weight is 416 g/mol. The van der Waals surface area contributed by atoms with Crippen LogP contribution in [0.15, 0.2) is 54.6 Å². The fourth-order valence-electron chi connectivity index (χ4n) is 3.34. The molecule has 0 saturated heterocycles. The Morgan fingerprint density at radius 3 is 1.71 bits per heavy atom. The van der Waals surface area contributed by atoms with Crippen molar-refractivity contribution in [1.82, 2.24) is 0 Å². The lowest BCUT2D eigenvalue weighted by Crippen LogP contribution is -1.97. The summed E-state index contributed by atoms with van der Waals surface area (Å²) in [4.78, 5) is 46.9. The monoisotopic (exact) mass is 416 g/mol. The Balaban J connectivity index is 1.47. The van der Waals surface area contributed by atoms with E-state index in [1.54, 1.807) is 24.3 Å². The third kappa shape index (κ3) is 3.10. The predicted octanol–water partition coefficient (Wildman–Crippen LogP) is 4.20. The van der Waals surface area contributed by atoms with Crippen LogP contribution >= 0.6 is 0 Å². The van der Waals surface area contributed by atoms with Gasteiger partial charge in [-0.15, -0.1) is 0 Å². The fraction of sp³-hybridized carbons (Fsp3) is 0.0435. The van der Waals surface area contributed by atoms with Crippen LogP contribution in [0.4, 0.5) is 0 Å². The highest BCUT2D eigenvalue weighted by Gasteiger charge is 2.31. The number of cyclic esters (lactones) is 4. The lowest BCUT2D eigenvalue weighted by molar-refractivity contribution is 0.0425. The van der Waals surface area contributed by atoms with Gasteiger partial charge >= 0.3 is 23.9 Å². The van der Waals surface area contributed by atoms with Gasteiger partial charge in [-0.25, -0.2) is 19.2 Å².